The molecular formula is C25H26O6S. The van der Waals surface area contributed by atoms with Crippen LogP contribution in [0.5, 0.6) is 11.5 Å². The fourth-order valence-electron chi connectivity index (χ4n) is 3.84. The fraction of sp³-hybridized carbons (Fsp3) is 0.200. The largest absolute Gasteiger partial charge is 0.497 e. The SMILES string of the molecule is COc1ccc(C(C(=O)CS(O)(O)CC=O)(c2ccccc2)c2ccc(OC)cc2)cc1. The molecule has 0 spiro atoms. The Kier molecular flexibility index (Phi) is 7.35. The normalized spacial score (nSPS) is 12.1. The lowest BCUT2D eigenvalue weighted by Gasteiger charge is -2.38. The van der Waals surface area contributed by atoms with Crippen LogP contribution in [0.1, 0.15) is 16.7 Å². The van der Waals surface area contributed by atoms with E-state index in [4.69, 9.17) is 9.47 Å². The van der Waals surface area contributed by atoms with Crippen molar-refractivity contribution in [2.45, 2.75) is 5.41 Å². The van der Waals surface area contributed by atoms with Crippen molar-refractivity contribution in [3.05, 3.63) is 95.6 Å². The summed E-state index contributed by atoms with van der Waals surface area (Å²) in [6.45, 7) is 0. The van der Waals surface area contributed by atoms with Crippen LogP contribution in [0.3, 0.4) is 0 Å². The van der Waals surface area contributed by atoms with Gasteiger partial charge in [-0.15, -0.1) is 0 Å². The number of hydrogen-bond acceptors (Lipinski definition) is 6. The Morgan fingerprint density at radius 1 is 0.812 bits per heavy atom. The van der Waals surface area contributed by atoms with Crippen molar-refractivity contribution in [2.24, 2.45) is 0 Å². The Morgan fingerprint density at radius 3 is 1.66 bits per heavy atom. The van der Waals surface area contributed by atoms with Crippen LogP contribution in [0.25, 0.3) is 0 Å². The molecule has 6 nitrogen and oxygen atoms in total. The van der Waals surface area contributed by atoms with Gasteiger partial charge in [-0.25, -0.2) is 0 Å². The van der Waals surface area contributed by atoms with E-state index >= 15 is 0 Å². The molecule has 0 heterocycles. The van der Waals surface area contributed by atoms with Gasteiger partial charge in [0.15, 0.2) is 5.78 Å². The summed E-state index contributed by atoms with van der Waals surface area (Å²) in [6.07, 6.45) is 0.424. The molecular weight excluding hydrogens is 428 g/mol. The van der Waals surface area contributed by atoms with Gasteiger partial charge in [-0.05, 0) is 41.0 Å². The first kappa shape index (κ1) is 23.5. The van der Waals surface area contributed by atoms with Crippen LogP contribution in [0.2, 0.25) is 0 Å². The summed E-state index contributed by atoms with van der Waals surface area (Å²) in [5.41, 5.74) is 0.607. The van der Waals surface area contributed by atoms with Gasteiger partial charge >= 0.3 is 0 Å². The Hall–Kier alpha value is -3.13. The van der Waals surface area contributed by atoms with Crippen LogP contribution in [0, 0.1) is 0 Å². The molecule has 32 heavy (non-hydrogen) atoms. The molecule has 3 aromatic carbocycles. The Balaban J connectivity index is 2.30. The molecule has 0 bridgehead atoms. The third kappa shape index (κ3) is 4.70. The number of carbonyl (C=O) groups is 2. The van der Waals surface area contributed by atoms with Crippen molar-refractivity contribution in [3.8, 4) is 11.5 Å². The van der Waals surface area contributed by atoms with Gasteiger partial charge in [0.1, 0.15) is 23.2 Å². The van der Waals surface area contributed by atoms with Crippen LogP contribution in [0.4, 0.5) is 0 Å². The van der Waals surface area contributed by atoms with E-state index < -0.39 is 33.3 Å². The Labute approximate surface area is 189 Å². The van der Waals surface area contributed by atoms with Gasteiger partial charge in [-0.3, -0.25) is 13.9 Å². The van der Waals surface area contributed by atoms with Gasteiger partial charge in [0.2, 0.25) is 0 Å². The zero-order valence-corrected chi connectivity index (χ0v) is 18.7. The molecule has 0 aromatic heterocycles. The second kappa shape index (κ2) is 9.99. The monoisotopic (exact) mass is 454 g/mol. The van der Waals surface area contributed by atoms with E-state index in [2.05, 4.69) is 0 Å². The number of rotatable bonds is 10. The summed E-state index contributed by atoms with van der Waals surface area (Å²) in [7, 11) is -0.314. The molecule has 0 fully saturated rings. The molecule has 0 radical (unpaired) electrons. The summed E-state index contributed by atoms with van der Waals surface area (Å²) in [5, 5.41) is 0. The minimum absolute atomic E-state index is 0.424. The number of aldehydes is 1. The van der Waals surface area contributed by atoms with Crippen LogP contribution in [0.15, 0.2) is 78.9 Å². The molecule has 0 unspecified atom stereocenters. The standard InChI is InChI=1S/C25H26O6S/c1-30-22-12-8-20(9-13-22)25(19-6-4-3-5-7-19,21-10-14-23(31-2)15-11-21)24(27)18-32(28,29)17-16-26/h3-16,28-29H,17-18H2,1-2H3. The Bertz CT molecular complexity index is 999. The van der Waals surface area contributed by atoms with E-state index in [0.717, 1.165) is 0 Å². The molecule has 0 aliphatic heterocycles. The van der Waals surface area contributed by atoms with E-state index in [9.17, 15) is 18.7 Å². The molecule has 0 aliphatic carbocycles. The number of hydrogen-bond donors (Lipinski definition) is 2. The highest BCUT2D eigenvalue weighted by molar-refractivity contribution is 8.25. The van der Waals surface area contributed by atoms with Gasteiger partial charge in [-0.1, -0.05) is 54.6 Å². The van der Waals surface area contributed by atoms with E-state index in [-0.39, 0.29) is 0 Å². The third-order valence-electron chi connectivity index (χ3n) is 5.37. The number of methoxy groups -OCH3 is 2. The molecule has 0 amide bonds. The zero-order valence-electron chi connectivity index (χ0n) is 17.9. The van der Waals surface area contributed by atoms with Gasteiger partial charge < -0.3 is 14.3 Å². The smallest absolute Gasteiger partial charge is 0.171 e. The summed E-state index contributed by atoms with van der Waals surface area (Å²) in [5.74, 6) is -0.222. The van der Waals surface area contributed by atoms with Crippen LogP contribution < -0.4 is 9.47 Å². The second-order valence-electron chi connectivity index (χ2n) is 7.28. The number of carbonyl (C=O) groups excluding carboxylic acids is 2. The second-order valence-corrected chi connectivity index (χ2v) is 9.50. The van der Waals surface area contributed by atoms with Crippen molar-refractivity contribution in [1.29, 1.82) is 0 Å². The minimum Gasteiger partial charge on any atom is -0.497 e. The number of ether oxygens (including phenoxy) is 2. The van der Waals surface area contributed by atoms with Crippen LogP contribution in [-0.4, -0.2) is 46.9 Å². The van der Waals surface area contributed by atoms with Gasteiger partial charge in [0.05, 0.1) is 25.7 Å². The molecule has 168 valence electrons. The lowest BCUT2D eigenvalue weighted by atomic mass is 9.67. The highest BCUT2D eigenvalue weighted by Crippen LogP contribution is 2.46. The highest BCUT2D eigenvalue weighted by atomic mass is 32.3. The maximum Gasteiger partial charge on any atom is 0.171 e. The van der Waals surface area contributed by atoms with Crippen molar-refractivity contribution in [2.75, 3.05) is 25.7 Å². The Morgan fingerprint density at radius 2 is 1.25 bits per heavy atom. The van der Waals surface area contributed by atoms with Gasteiger partial charge in [0, 0.05) is 0 Å². The molecule has 2 N–H and O–H groups in total. The summed E-state index contributed by atoms with van der Waals surface area (Å²) >= 11 is 0. The lowest BCUT2D eigenvalue weighted by Crippen LogP contribution is -2.41. The van der Waals surface area contributed by atoms with Crippen molar-refractivity contribution >= 4 is 22.7 Å². The van der Waals surface area contributed by atoms with Crippen molar-refractivity contribution in [1.82, 2.24) is 0 Å². The van der Waals surface area contributed by atoms with E-state index in [1.165, 1.54) is 0 Å². The fourth-order valence-corrected chi connectivity index (χ4v) is 4.81. The number of ketones is 1. The molecule has 7 heteroatoms. The maximum atomic E-state index is 14.0. The molecule has 0 aliphatic rings. The van der Waals surface area contributed by atoms with E-state index in [1.807, 2.05) is 30.3 Å². The summed E-state index contributed by atoms with van der Waals surface area (Å²) < 4.78 is 31.4. The third-order valence-corrected chi connectivity index (χ3v) is 6.76. The molecule has 3 aromatic rings. The van der Waals surface area contributed by atoms with E-state index in [0.29, 0.717) is 34.5 Å². The summed E-state index contributed by atoms with van der Waals surface area (Å²) in [4.78, 5) is 25.0. The molecule has 0 saturated carbocycles. The first-order valence-electron chi connectivity index (χ1n) is 9.92. The zero-order chi connectivity index (χ0) is 23.2. The average Bonchev–Trinajstić information content (AvgIpc) is 2.80. The predicted molar refractivity (Wildman–Crippen MR) is 126 cm³/mol. The first-order valence-corrected chi connectivity index (χ1v) is 11.8. The van der Waals surface area contributed by atoms with Gasteiger partial charge in [0.25, 0.3) is 0 Å². The quantitative estimate of drug-likeness (QED) is 0.345. The maximum absolute atomic E-state index is 14.0. The first-order chi connectivity index (χ1) is 15.4. The lowest BCUT2D eigenvalue weighted by molar-refractivity contribution is -0.119. The number of Topliss-reactive ketones (excluding diaryl/α,β-unsaturated/α-hetero) is 1. The topological polar surface area (TPSA) is 93.1 Å². The van der Waals surface area contributed by atoms with E-state index in [1.54, 1.807) is 62.8 Å². The highest BCUT2D eigenvalue weighted by Gasteiger charge is 2.45. The van der Waals surface area contributed by atoms with Crippen molar-refractivity contribution < 1.29 is 28.2 Å². The molecule has 0 atom stereocenters. The predicted octanol–water partition coefficient (Wildman–Crippen LogP) is 4.56. The minimum atomic E-state index is -3.43. The van der Waals surface area contributed by atoms with Crippen molar-refractivity contribution in [3.63, 3.8) is 0 Å². The number of benzene rings is 3. The molecule has 3 rings (SSSR count). The summed E-state index contributed by atoms with van der Waals surface area (Å²) in [6, 6.07) is 23.4. The van der Waals surface area contributed by atoms with Crippen LogP contribution in [-0.2, 0) is 15.0 Å². The van der Waals surface area contributed by atoms with Gasteiger partial charge in [-0.2, -0.15) is 10.6 Å². The average molecular weight is 455 g/mol. The molecule has 0 saturated heterocycles. The van der Waals surface area contributed by atoms with Crippen LogP contribution >= 0.6 is 10.6 Å².